The summed E-state index contributed by atoms with van der Waals surface area (Å²) < 4.78 is 34.6. The van der Waals surface area contributed by atoms with Gasteiger partial charge in [0.2, 0.25) is 0 Å². The summed E-state index contributed by atoms with van der Waals surface area (Å²) in [7, 11) is 0. The Labute approximate surface area is 184 Å². The van der Waals surface area contributed by atoms with Gasteiger partial charge in [-0.15, -0.1) is 0 Å². The molecule has 2 aliphatic heterocycles. The number of rotatable bonds is 2. The normalized spacial score (nSPS) is 23.2. The van der Waals surface area contributed by atoms with Crippen molar-refractivity contribution < 1.29 is 18.3 Å². The molecule has 2 aliphatic rings. The van der Waals surface area contributed by atoms with E-state index in [-0.39, 0.29) is 18.0 Å². The number of amidine groups is 1. The highest BCUT2D eigenvalue weighted by atomic mass is 32.2. The smallest absolute Gasteiger partial charge is 0.410 e. The number of aliphatic imine (C=N–C) groups is 1. The average Bonchev–Trinajstić information content (AvgIpc) is 3.09. The maximum Gasteiger partial charge on any atom is 0.410 e. The molecule has 2 aromatic rings. The number of hydrogen-bond acceptors (Lipinski definition) is 5. The van der Waals surface area contributed by atoms with E-state index in [0.29, 0.717) is 17.5 Å². The first-order chi connectivity index (χ1) is 14.7. The first-order valence-electron chi connectivity index (χ1n) is 10.1. The molecular formula is C23H25F2N3O2S. The topological polar surface area (TPSA) is 53.9 Å². The van der Waals surface area contributed by atoms with Crippen molar-refractivity contribution in [3.05, 3.63) is 65.7 Å². The lowest BCUT2D eigenvalue weighted by molar-refractivity contribution is 0.0282. The number of likely N-dealkylation sites (tertiary alicyclic amines) is 1. The average molecular weight is 446 g/mol. The Balaban J connectivity index is 1.73. The maximum atomic E-state index is 14.9. The SMILES string of the molecule is CC(C)(C)OC(=O)N1C[C@H]2CSC(Nc3ccccc3)=N[C@@]2(c2cc(F)ccc2F)C1. The number of thioether (sulfide) groups is 1. The molecule has 0 aliphatic carbocycles. The molecule has 31 heavy (non-hydrogen) atoms. The Hall–Kier alpha value is -2.61. The van der Waals surface area contributed by atoms with E-state index < -0.39 is 28.9 Å². The molecule has 1 saturated heterocycles. The van der Waals surface area contributed by atoms with Gasteiger partial charge < -0.3 is 15.0 Å². The lowest BCUT2D eigenvalue weighted by Gasteiger charge is -2.35. The van der Waals surface area contributed by atoms with Gasteiger partial charge in [0.05, 0.1) is 6.54 Å². The van der Waals surface area contributed by atoms with Gasteiger partial charge >= 0.3 is 6.09 Å². The van der Waals surface area contributed by atoms with Crippen LogP contribution in [0, 0.1) is 17.6 Å². The van der Waals surface area contributed by atoms with Crippen LogP contribution in [0.1, 0.15) is 26.3 Å². The zero-order chi connectivity index (χ0) is 22.2. The number of amides is 1. The number of ether oxygens (including phenoxy) is 1. The van der Waals surface area contributed by atoms with Crippen LogP contribution in [-0.2, 0) is 10.3 Å². The van der Waals surface area contributed by atoms with Crippen molar-refractivity contribution in [3.63, 3.8) is 0 Å². The van der Waals surface area contributed by atoms with Crippen LogP contribution in [0.4, 0.5) is 19.3 Å². The number of carbonyl (C=O) groups excluding carboxylic acids is 1. The summed E-state index contributed by atoms with van der Waals surface area (Å²) in [6, 6.07) is 12.9. The van der Waals surface area contributed by atoms with Crippen LogP contribution < -0.4 is 5.32 Å². The molecule has 0 spiro atoms. The molecule has 2 heterocycles. The molecule has 0 bridgehead atoms. The Kier molecular flexibility index (Phi) is 5.68. The number of benzene rings is 2. The van der Waals surface area contributed by atoms with Crippen LogP contribution >= 0.6 is 11.8 Å². The fourth-order valence-electron chi connectivity index (χ4n) is 3.98. The van der Waals surface area contributed by atoms with Crippen molar-refractivity contribution in [2.75, 3.05) is 24.2 Å². The molecule has 1 N–H and O–H groups in total. The Morgan fingerprint density at radius 1 is 1.23 bits per heavy atom. The molecule has 4 rings (SSSR count). The first kappa shape index (κ1) is 21.6. The Bertz CT molecular complexity index is 1010. The quantitative estimate of drug-likeness (QED) is 0.687. The van der Waals surface area contributed by atoms with Gasteiger partial charge in [-0.2, -0.15) is 0 Å². The fraction of sp³-hybridized carbons (Fsp3) is 0.391. The molecular weight excluding hydrogens is 420 g/mol. The van der Waals surface area contributed by atoms with Gasteiger partial charge in [0, 0.05) is 29.5 Å². The molecule has 0 unspecified atom stereocenters. The summed E-state index contributed by atoms with van der Waals surface area (Å²) in [4.78, 5) is 19.2. The summed E-state index contributed by atoms with van der Waals surface area (Å²) in [6.07, 6.45) is -0.476. The summed E-state index contributed by atoms with van der Waals surface area (Å²) in [5.41, 5.74) is -0.730. The molecule has 2 aromatic carbocycles. The number of halogens is 2. The van der Waals surface area contributed by atoms with Crippen LogP contribution in [0.2, 0.25) is 0 Å². The summed E-state index contributed by atoms with van der Waals surface area (Å²) >= 11 is 1.51. The highest BCUT2D eigenvalue weighted by Crippen LogP contribution is 2.47. The lowest BCUT2D eigenvalue weighted by atomic mass is 9.81. The van der Waals surface area contributed by atoms with Crippen LogP contribution in [0.15, 0.2) is 53.5 Å². The van der Waals surface area contributed by atoms with Gasteiger partial charge in [-0.25, -0.2) is 18.6 Å². The molecule has 0 aromatic heterocycles. The van der Waals surface area contributed by atoms with E-state index in [1.165, 1.54) is 17.8 Å². The second-order valence-electron chi connectivity index (χ2n) is 8.83. The van der Waals surface area contributed by atoms with E-state index in [1.807, 2.05) is 30.3 Å². The Morgan fingerprint density at radius 3 is 2.68 bits per heavy atom. The van der Waals surface area contributed by atoms with Gasteiger partial charge in [-0.3, -0.25) is 0 Å². The number of nitrogens with one attached hydrogen (secondary N) is 1. The minimum absolute atomic E-state index is 0.119. The van der Waals surface area contributed by atoms with Crippen LogP contribution in [-0.4, -0.2) is 40.6 Å². The van der Waals surface area contributed by atoms with Crippen LogP contribution in [0.3, 0.4) is 0 Å². The van der Waals surface area contributed by atoms with Crippen LogP contribution in [0.25, 0.3) is 0 Å². The second kappa shape index (κ2) is 8.15. The minimum atomic E-state index is -1.09. The molecule has 1 fully saturated rings. The largest absolute Gasteiger partial charge is 0.444 e. The molecule has 5 nitrogen and oxygen atoms in total. The van der Waals surface area contributed by atoms with Crippen molar-refractivity contribution in [1.82, 2.24) is 4.90 Å². The molecule has 0 radical (unpaired) electrons. The third-order valence-corrected chi connectivity index (χ3v) is 6.38. The zero-order valence-corrected chi connectivity index (χ0v) is 18.5. The zero-order valence-electron chi connectivity index (χ0n) is 17.7. The number of anilines is 1. The summed E-state index contributed by atoms with van der Waals surface area (Å²) in [5.74, 6) is -0.644. The van der Waals surface area contributed by atoms with E-state index in [4.69, 9.17) is 9.73 Å². The highest BCUT2D eigenvalue weighted by Gasteiger charge is 2.53. The molecule has 1 amide bonds. The molecule has 2 atom stereocenters. The van der Waals surface area contributed by atoms with Crippen molar-refractivity contribution in [3.8, 4) is 0 Å². The molecule has 0 saturated carbocycles. The van der Waals surface area contributed by atoms with E-state index in [1.54, 1.807) is 25.7 Å². The van der Waals surface area contributed by atoms with Crippen molar-refractivity contribution in [1.29, 1.82) is 0 Å². The Morgan fingerprint density at radius 2 is 1.97 bits per heavy atom. The van der Waals surface area contributed by atoms with Gasteiger partial charge in [0.1, 0.15) is 22.8 Å². The van der Waals surface area contributed by atoms with Crippen molar-refractivity contribution >= 4 is 28.7 Å². The number of fused-ring (bicyclic) bond motifs is 1. The first-order valence-corrected chi connectivity index (χ1v) is 11.1. The number of para-hydroxylation sites is 1. The third-order valence-electron chi connectivity index (χ3n) is 5.34. The number of nitrogens with zero attached hydrogens (tertiary/aromatic N) is 2. The van der Waals surface area contributed by atoms with E-state index >= 15 is 0 Å². The lowest BCUT2D eigenvalue weighted by Crippen LogP contribution is -2.41. The molecule has 8 heteroatoms. The number of hydrogen-bond donors (Lipinski definition) is 1. The van der Waals surface area contributed by atoms with E-state index in [2.05, 4.69) is 5.32 Å². The monoisotopic (exact) mass is 445 g/mol. The summed E-state index contributed by atoms with van der Waals surface area (Å²) in [5, 5.41) is 3.87. The van der Waals surface area contributed by atoms with Gasteiger partial charge in [-0.05, 0) is 51.1 Å². The third kappa shape index (κ3) is 4.54. The minimum Gasteiger partial charge on any atom is -0.444 e. The highest BCUT2D eigenvalue weighted by molar-refractivity contribution is 8.14. The van der Waals surface area contributed by atoms with Crippen molar-refractivity contribution in [2.45, 2.75) is 31.9 Å². The van der Waals surface area contributed by atoms with Gasteiger partial charge in [0.25, 0.3) is 0 Å². The van der Waals surface area contributed by atoms with Crippen molar-refractivity contribution in [2.24, 2.45) is 10.9 Å². The predicted octanol–water partition coefficient (Wildman–Crippen LogP) is 5.24. The summed E-state index contributed by atoms with van der Waals surface area (Å²) in [6.45, 7) is 5.87. The van der Waals surface area contributed by atoms with Crippen LogP contribution in [0.5, 0.6) is 0 Å². The predicted molar refractivity (Wildman–Crippen MR) is 119 cm³/mol. The van der Waals surface area contributed by atoms with Gasteiger partial charge in [0.15, 0.2) is 5.17 Å². The van der Waals surface area contributed by atoms with E-state index in [0.717, 1.165) is 17.8 Å². The molecule has 164 valence electrons. The maximum absolute atomic E-state index is 14.9. The standard InChI is InChI=1S/C23H25F2N3O2S/c1-22(2,3)30-21(29)28-12-15-13-31-20(26-17-7-5-4-6-8-17)27-23(15,14-28)18-11-16(24)9-10-19(18)25/h4-11,15H,12-14H2,1-3H3,(H,26,27)/t15-,23-/m0/s1. The van der Waals surface area contributed by atoms with E-state index in [9.17, 15) is 13.6 Å². The fourth-order valence-corrected chi connectivity index (χ4v) is 5.14. The van der Waals surface area contributed by atoms with Gasteiger partial charge in [-0.1, -0.05) is 30.0 Å². The second-order valence-corrected chi connectivity index (χ2v) is 9.83. The number of carbonyl (C=O) groups is 1.